The summed E-state index contributed by atoms with van der Waals surface area (Å²) < 4.78 is 7.71. The van der Waals surface area contributed by atoms with Gasteiger partial charge in [-0.15, -0.1) is 0 Å². The first kappa shape index (κ1) is 14.6. The molecule has 0 N–H and O–H groups in total. The maximum absolute atomic E-state index is 12.2. The molecule has 1 fully saturated rings. The van der Waals surface area contributed by atoms with Gasteiger partial charge in [-0.2, -0.15) is 0 Å². The Hall–Kier alpha value is -2.37. The number of aryl methyl sites for hydroxylation is 2. The zero-order valence-electron chi connectivity index (χ0n) is 12.9. The molecule has 2 aromatic heterocycles. The standard InChI is InChI=1S/C16H20N4O2/c1-12-9-13(2)18-16(17-12)22-14-5-8-20(10-14)15(21)11-19-6-3-4-7-19/h3-4,6-7,9,14H,5,8,10-11H2,1-2H3/t14-/m0/s1. The highest BCUT2D eigenvalue weighted by Gasteiger charge is 2.28. The summed E-state index contributed by atoms with van der Waals surface area (Å²) in [5, 5.41) is 0. The van der Waals surface area contributed by atoms with E-state index in [0.29, 0.717) is 19.1 Å². The molecule has 0 saturated carbocycles. The predicted octanol–water partition coefficient (Wildman–Crippen LogP) is 1.57. The molecule has 0 aromatic carbocycles. The van der Waals surface area contributed by atoms with Crippen LogP contribution in [-0.4, -0.2) is 44.5 Å². The van der Waals surface area contributed by atoms with Gasteiger partial charge in [0.25, 0.3) is 0 Å². The molecule has 0 aliphatic carbocycles. The SMILES string of the molecule is Cc1cc(C)nc(O[C@H]2CCN(C(=O)Cn3cccc3)C2)n1. The number of carbonyl (C=O) groups excluding carboxylic acids is 1. The van der Waals surface area contributed by atoms with E-state index in [9.17, 15) is 4.79 Å². The molecule has 3 heterocycles. The summed E-state index contributed by atoms with van der Waals surface area (Å²) in [5.74, 6) is 0.114. The normalized spacial score (nSPS) is 17.7. The lowest BCUT2D eigenvalue weighted by Gasteiger charge is -2.17. The number of hydrogen-bond donors (Lipinski definition) is 0. The fourth-order valence-electron chi connectivity index (χ4n) is 2.68. The number of likely N-dealkylation sites (tertiary alicyclic amines) is 1. The van der Waals surface area contributed by atoms with Crippen LogP contribution in [0.25, 0.3) is 0 Å². The minimum Gasteiger partial charge on any atom is -0.458 e. The third kappa shape index (κ3) is 3.44. The van der Waals surface area contributed by atoms with Gasteiger partial charge in [-0.3, -0.25) is 4.79 Å². The Morgan fingerprint density at radius 2 is 1.95 bits per heavy atom. The van der Waals surface area contributed by atoms with Crippen LogP contribution in [-0.2, 0) is 11.3 Å². The number of amides is 1. The summed E-state index contributed by atoms with van der Waals surface area (Å²) in [4.78, 5) is 22.7. The summed E-state index contributed by atoms with van der Waals surface area (Å²) in [7, 11) is 0. The Labute approximate surface area is 129 Å². The Morgan fingerprint density at radius 3 is 2.64 bits per heavy atom. The monoisotopic (exact) mass is 300 g/mol. The van der Waals surface area contributed by atoms with Crippen molar-refractivity contribution in [1.82, 2.24) is 19.4 Å². The second kappa shape index (κ2) is 6.17. The van der Waals surface area contributed by atoms with Crippen LogP contribution in [0.4, 0.5) is 0 Å². The van der Waals surface area contributed by atoms with Gasteiger partial charge in [-0.25, -0.2) is 9.97 Å². The van der Waals surface area contributed by atoms with Gasteiger partial charge >= 0.3 is 6.01 Å². The number of aromatic nitrogens is 3. The van der Waals surface area contributed by atoms with Gasteiger partial charge in [0.2, 0.25) is 5.91 Å². The molecular weight excluding hydrogens is 280 g/mol. The van der Waals surface area contributed by atoms with E-state index >= 15 is 0 Å². The maximum Gasteiger partial charge on any atom is 0.317 e. The lowest BCUT2D eigenvalue weighted by Crippen LogP contribution is -2.33. The molecule has 3 rings (SSSR count). The summed E-state index contributed by atoms with van der Waals surface area (Å²) in [6.45, 7) is 5.53. The van der Waals surface area contributed by atoms with Crippen molar-refractivity contribution in [3.63, 3.8) is 0 Å². The first-order valence-electron chi connectivity index (χ1n) is 7.47. The third-order valence-electron chi connectivity index (χ3n) is 3.72. The van der Waals surface area contributed by atoms with Crippen molar-refractivity contribution < 1.29 is 9.53 Å². The third-order valence-corrected chi connectivity index (χ3v) is 3.72. The average Bonchev–Trinajstić information content (AvgIpc) is 3.09. The predicted molar refractivity (Wildman–Crippen MR) is 81.6 cm³/mol. The smallest absolute Gasteiger partial charge is 0.317 e. The van der Waals surface area contributed by atoms with Crippen molar-refractivity contribution in [1.29, 1.82) is 0 Å². The molecule has 0 spiro atoms. The fourth-order valence-corrected chi connectivity index (χ4v) is 2.68. The Morgan fingerprint density at radius 1 is 1.27 bits per heavy atom. The van der Waals surface area contributed by atoms with E-state index in [4.69, 9.17) is 4.74 Å². The lowest BCUT2D eigenvalue weighted by atomic mass is 10.3. The van der Waals surface area contributed by atoms with Crippen molar-refractivity contribution >= 4 is 5.91 Å². The largest absolute Gasteiger partial charge is 0.458 e. The lowest BCUT2D eigenvalue weighted by molar-refractivity contribution is -0.131. The van der Waals surface area contributed by atoms with Crippen molar-refractivity contribution in [2.24, 2.45) is 0 Å². The van der Waals surface area contributed by atoms with Crippen LogP contribution in [0.2, 0.25) is 0 Å². The van der Waals surface area contributed by atoms with Crippen LogP contribution in [0.3, 0.4) is 0 Å². The van der Waals surface area contributed by atoms with Gasteiger partial charge in [0.1, 0.15) is 12.6 Å². The average molecular weight is 300 g/mol. The molecule has 22 heavy (non-hydrogen) atoms. The van der Waals surface area contributed by atoms with Gasteiger partial charge in [0.15, 0.2) is 0 Å². The van der Waals surface area contributed by atoms with E-state index in [-0.39, 0.29) is 12.0 Å². The van der Waals surface area contributed by atoms with E-state index in [0.717, 1.165) is 24.4 Å². The summed E-state index contributed by atoms with van der Waals surface area (Å²) in [6, 6.07) is 6.15. The topological polar surface area (TPSA) is 60.2 Å². The molecule has 1 saturated heterocycles. The molecule has 1 aliphatic rings. The zero-order chi connectivity index (χ0) is 15.5. The second-order valence-electron chi connectivity index (χ2n) is 5.66. The van der Waals surface area contributed by atoms with Crippen molar-refractivity contribution in [2.45, 2.75) is 32.9 Å². The van der Waals surface area contributed by atoms with Crippen molar-refractivity contribution in [2.75, 3.05) is 13.1 Å². The fraction of sp³-hybridized carbons (Fsp3) is 0.438. The number of rotatable bonds is 4. The second-order valence-corrected chi connectivity index (χ2v) is 5.66. The minimum absolute atomic E-state index is 0.0326. The molecule has 2 aromatic rings. The molecule has 0 unspecified atom stereocenters. The van der Waals surface area contributed by atoms with Crippen LogP contribution in [0.15, 0.2) is 30.6 Å². The summed E-state index contributed by atoms with van der Waals surface area (Å²) in [5.41, 5.74) is 1.78. The highest BCUT2D eigenvalue weighted by Crippen LogP contribution is 2.16. The van der Waals surface area contributed by atoms with Crippen molar-refractivity contribution in [3.8, 4) is 6.01 Å². The number of carbonyl (C=O) groups is 1. The molecule has 6 heteroatoms. The Balaban J connectivity index is 1.56. The minimum atomic E-state index is -0.0326. The van der Waals surface area contributed by atoms with Gasteiger partial charge < -0.3 is 14.2 Å². The van der Waals surface area contributed by atoms with E-state index < -0.39 is 0 Å². The molecule has 1 amide bonds. The van der Waals surface area contributed by atoms with E-state index in [1.54, 1.807) is 0 Å². The number of ether oxygens (including phenoxy) is 1. The van der Waals surface area contributed by atoms with E-state index in [2.05, 4.69) is 9.97 Å². The van der Waals surface area contributed by atoms with Crippen LogP contribution in [0, 0.1) is 13.8 Å². The van der Waals surface area contributed by atoms with Crippen LogP contribution in [0.1, 0.15) is 17.8 Å². The maximum atomic E-state index is 12.2. The molecule has 116 valence electrons. The first-order valence-corrected chi connectivity index (χ1v) is 7.47. The quantitative estimate of drug-likeness (QED) is 0.860. The van der Waals surface area contributed by atoms with Gasteiger partial charge in [-0.1, -0.05) is 0 Å². The van der Waals surface area contributed by atoms with Crippen LogP contribution in [0.5, 0.6) is 6.01 Å². The summed E-state index contributed by atoms with van der Waals surface area (Å²) >= 11 is 0. The molecule has 1 atom stereocenters. The number of hydrogen-bond acceptors (Lipinski definition) is 4. The summed E-state index contributed by atoms with van der Waals surface area (Å²) in [6.07, 6.45) is 4.57. The highest BCUT2D eigenvalue weighted by atomic mass is 16.5. The first-order chi connectivity index (χ1) is 10.6. The molecule has 0 bridgehead atoms. The molecular formula is C16H20N4O2. The van der Waals surface area contributed by atoms with Gasteiger partial charge in [0.05, 0.1) is 6.54 Å². The zero-order valence-corrected chi connectivity index (χ0v) is 12.9. The van der Waals surface area contributed by atoms with Gasteiger partial charge in [-0.05, 0) is 32.0 Å². The van der Waals surface area contributed by atoms with E-state index in [1.807, 2.05) is 53.9 Å². The molecule has 1 aliphatic heterocycles. The highest BCUT2D eigenvalue weighted by molar-refractivity contribution is 5.76. The Kier molecular flexibility index (Phi) is 4.09. The molecule has 0 radical (unpaired) electrons. The van der Waals surface area contributed by atoms with Crippen LogP contribution < -0.4 is 4.74 Å². The Bertz CT molecular complexity index is 634. The van der Waals surface area contributed by atoms with Crippen molar-refractivity contribution in [3.05, 3.63) is 42.0 Å². The van der Waals surface area contributed by atoms with E-state index in [1.165, 1.54) is 0 Å². The number of nitrogens with zero attached hydrogens (tertiary/aromatic N) is 4. The van der Waals surface area contributed by atoms with Crippen LogP contribution >= 0.6 is 0 Å². The van der Waals surface area contributed by atoms with Gasteiger partial charge in [0, 0.05) is 36.7 Å². The molecule has 6 nitrogen and oxygen atoms in total.